The summed E-state index contributed by atoms with van der Waals surface area (Å²) in [4.78, 5) is 0. The fraction of sp³-hybridized carbons (Fsp3) is 0.312. The zero-order chi connectivity index (χ0) is 17.3. The Bertz CT molecular complexity index is 939. The van der Waals surface area contributed by atoms with Crippen LogP contribution in [-0.2, 0) is 22.1 Å². The van der Waals surface area contributed by atoms with Crippen LogP contribution in [0.5, 0.6) is 0 Å². The molecular formula is C16H18N4O3S. The van der Waals surface area contributed by atoms with Crippen molar-refractivity contribution < 1.29 is 12.9 Å². The molecule has 0 N–H and O–H groups in total. The first-order valence-electron chi connectivity index (χ1n) is 7.57. The molecule has 2 aromatic heterocycles. The largest absolute Gasteiger partial charge is 0.361 e. The maximum atomic E-state index is 12.8. The Labute approximate surface area is 140 Å². The van der Waals surface area contributed by atoms with E-state index in [1.165, 1.54) is 0 Å². The molecule has 2 heterocycles. The number of benzene rings is 1. The summed E-state index contributed by atoms with van der Waals surface area (Å²) in [6.45, 7) is 5.74. The quantitative estimate of drug-likeness (QED) is 0.705. The van der Waals surface area contributed by atoms with E-state index in [2.05, 4.69) is 15.4 Å². The van der Waals surface area contributed by atoms with Crippen molar-refractivity contribution >= 4 is 9.84 Å². The predicted molar refractivity (Wildman–Crippen MR) is 88.0 cm³/mol. The van der Waals surface area contributed by atoms with Crippen LogP contribution in [0.2, 0.25) is 0 Å². The Kier molecular flexibility index (Phi) is 4.23. The van der Waals surface area contributed by atoms with E-state index in [4.69, 9.17) is 4.52 Å². The maximum Gasteiger partial charge on any atom is 0.250 e. The molecule has 7 nitrogen and oxygen atoms in total. The average molecular weight is 346 g/mol. The molecule has 3 rings (SSSR count). The van der Waals surface area contributed by atoms with Gasteiger partial charge in [-0.15, -0.1) is 10.2 Å². The van der Waals surface area contributed by atoms with E-state index in [-0.39, 0.29) is 10.9 Å². The smallest absolute Gasteiger partial charge is 0.250 e. The maximum absolute atomic E-state index is 12.8. The zero-order valence-corrected chi connectivity index (χ0v) is 14.5. The highest BCUT2D eigenvalue weighted by molar-refractivity contribution is 7.90. The Morgan fingerprint density at radius 2 is 1.83 bits per heavy atom. The minimum absolute atomic E-state index is 0.0381. The van der Waals surface area contributed by atoms with Crippen LogP contribution in [0.4, 0.5) is 0 Å². The van der Waals surface area contributed by atoms with Gasteiger partial charge in [-0.25, -0.2) is 8.42 Å². The van der Waals surface area contributed by atoms with Gasteiger partial charge in [-0.1, -0.05) is 35.5 Å². The Morgan fingerprint density at radius 3 is 2.42 bits per heavy atom. The molecule has 8 heteroatoms. The van der Waals surface area contributed by atoms with Gasteiger partial charge in [0.15, 0.2) is 5.82 Å². The molecule has 0 unspecified atom stereocenters. The molecule has 0 bridgehead atoms. The summed E-state index contributed by atoms with van der Waals surface area (Å²) in [5.41, 5.74) is 1.97. The van der Waals surface area contributed by atoms with E-state index >= 15 is 0 Å². The number of sulfone groups is 1. The molecule has 0 radical (unpaired) electrons. The third-order valence-corrected chi connectivity index (χ3v) is 5.39. The van der Waals surface area contributed by atoms with Crippen molar-refractivity contribution in [2.24, 2.45) is 0 Å². The molecule has 1 aromatic carbocycles. The van der Waals surface area contributed by atoms with Gasteiger partial charge in [0.25, 0.3) is 0 Å². The number of nitrogens with zero attached hydrogens (tertiary/aromatic N) is 4. The van der Waals surface area contributed by atoms with E-state index in [1.807, 2.05) is 37.3 Å². The van der Waals surface area contributed by atoms with Crippen LogP contribution in [0.3, 0.4) is 0 Å². The van der Waals surface area contributed by atoms with E-state index in [0.29, 0.717) is 29.4 Å². The lowest BCUT2D eigenvalue weighted by Gasteiger charge is -2.08. The van der Waals surface area contributed by atoms with Gasteiger partial charge in [-0.2, -0.15) is 0 Å². The molecule has 0 spiro atoms. The van der Waals surface area contributed by atoms with Gasteiger partial charge < -0.3 is 4.52 Å². The van der Waals surface area contributed by atoms with Crippen LogP contribution in [-0.4, -0.2) is 28.3 Å². The lowest BCUT2D eigenvalue weighted by atomic mass is 10.2. The van der Waals surface area contributed by atoms with Crippen molar-refractivity contribution in [1.82, 2.24) is 19.9 Å². The van der Waals surface area contributed by atoms with Gasteiger partial charge in [0.1, 0.15) is 5.76 Å². The van der Waals surface area contributed by atoms with Crippen LogP contribution in [0.1, 0.15) is 23.9 Å². The second-order valence-electron chi connectivity index (χ2n) is 5.48. The summed E-state index contributed by atoms with van der Waals surface area (Å²) in [7, 11) is -3.67. The van der Waals surface area contributed by atoms with Crippen molar-refractivity contribution in [2.75, 3.05) is 0 Å². The third kappa shape index (κ3) is 2.84. The lowest BCUT2D eigenvalue weighted by Crippen LogP contribution is -2.14. The molecule has 0 aliphatic carbocycles. The van der Waals surface area contributed by atoms with Crippen LogP contribution < -0.4 is 0 Å². The molecule has 0 saturated carbocycles. The van der Waals surface area contributed by atoms with Crippen molar-refractivity contribution in [2.45, 2.75) is 38.2 Å². The minimum Gasteiger partial charge on any atom is -0.361 e. The summed E-state index contributed by atoms with van der Waals surface area (Å²) < 4.78 is 32.3. The number of aromatic nitrogens is 4. The third-order valence-electron chi connectivity index (χ3n) is 3.86. The first-order chi connectivity index (χ1) is 11.4. The number of rotatable bonds is 5. The summed E-state index contributed by atoms with van der Waals surface area (Å²) in [6.07, 6.45) is 0. The first-order valence-corrected chi connectivity index (χ1v) is 9.22. The zero-order valence-electron chi connectivity index (χ0n) is 13.7. The summed E-state index contributed by atoms with van der Waals surface area (Å²) in [5, 5.41) is 11.8. The summed E-state index contributed by atoms with van der Waals surface area (Å²) in [6, 6.07) is 9.40. The topological polar surface area (TPSA) is 90.9 Å². The second-order valence-corrected chi connectivity index (χ2v) is 7.36. The fourth-order valence-corrected chi connectivity index (χ4v) is 4.21. The normalized spacial score (nSPS) is 11.8. The van der Waals surface area contributed by atoms with E-state index < -0.39 is 9.84 Å². The molecule has 0 fully saturated rings. The summed E-state index contributed by atoms with van der Waals surface area (Å²) in [5.74, 6) is 0.832. The molecule has 0 amide bonds. The van der Waals surface area contributed by atoms with Gasteiger partial charge in [0, 0.05) is 17.7 Å². The Morgan fingerprint density at radius 1 is 1.12 bits per heavy atom. The Hall–Kier alpha value is -2.48. The molecule has 0 saturated heterocycles. The van der Waals surface area contributed by atoms with Crippen LogP contribution >= 0.6 is 0 Å². The minimum atomic E-state index is -3.67. The summed E-state index contributed by atoms with van der Waals surface area (Å²) >= 11 is 0. The molecule has 0 aliphatic heterocycles. The van der Waals surface area contributed by atoms with Crippen molar-refractivity contribution in [3.05, 3.63) is 47.3 Å². The molecule has 0 aliphatic rings. The fourth-order valence-electron chi connectivity index (χ4n) is 2.57. The molecule has 126 valence electrons. The van der Waals surface area contributed by atoms with E-state index in [9.17, 15) is 8.42 Å². The highest BCUT2D eigenvalue weighted by Crippen LogP contribution is 2.24. The van der Waals surface area contributed by atoms with Gasteiger partial charge in [-0.05, 0) is 20.8 Å². The van der Waals surface area contributed by atoms with Crippen LogP contribution in [0, 0.1) is 13.8 Å². The first kappa shape index (κ1) is 16.4. The van der Waals surface area contributed by atoms with Gasteiger partial charge in [0.2, 0.25) is 15.0 Å². The van der Waals surface area contributed by atoms with Crippen LogP contribution in [0.25, 0.3) is 11.4 Å². The SMILES string of the molecule is CCn1c(-c2ccccc2)nnc1S(=O)(=O)Cc1c(C)noc1C. The molecule has 0 atom stereocenters. The Balaban J connectivity index is 2.05. The highest BCUT2D eigenvalue weighted by Gasteiger charge is 2.27. The van der Waals surface area contributed by atoms with E-state index in [1.54, 1.807) is 18.4 Å². The monoisotopic (exact) mass is 346 g/mol. The number of aryl methyl sites for hydroxylation is 2. The van der Waals surface area contributed by atoms with Gasteiger partial charge in [-0.3, -0.25) is 4.57 Å². The lowest BCUT2D eigenvalue weighted by molar-refractivity contribution is 0.392. The van der Waals surface area contributed by atoms with Crippen molar-refractivity contribution in [3.63, 3.8) is 0 Å². The second kappa shape index (κ2) is 6.20. The van der Waals surface area contributed by atoms with Crippen LogP contribution in [0.15, 0.2) is 40.0 Å². The average Bonchev–Trinajstić information content (AvgIpc) is 3.14. The van der Waals surface area contributed by atoms with Crippen molar-refractivity contribution in [1.29, 1.82) is 0 Å². The molecule has 3 aromatic rings. The molecule has 24 heavy (non-hydrogen) atoms. The van der Waals surface area contributed by atoms with Gasteiger partial charge in [0.05, 0.1) is 11.4 Å². The van der Waals surface area contributed by atoms with E-state index in [0.717, 1.165) is 5.56 Å². The predicted octanol–water partition coefficient (Wildman–Crippen LogP) is 2.54. The van der Waals surface area contributed by atoms with Crippen molar-refractivity contribution in [3.8, 4) is 11.4 Å². The highest BCUT2D eigenvalue weighted by atomic mass is 32.2. The molecular weight excluding hydrogens is 328 g/mol. The van der Waals surface area contributed by atoms with Gasteiger partial charge >= 0.3 is 0 Å². The number of hydrogen-bond acceptors (Lipinski definition) is 6. The number of hydrogen-bond donors (Lipinski definition) is 0. The standard InChI is InChI=1S/C16H18N4O3S/c1-4-20-15(13-8-6-5-7-9-13)17-18-16(20)24(21,22)10-14-11(2)19-23-12(14)3/h5-9H,4,10H2,1-3H3.